The van der Waals surface area contributed by atoms with Gasteiger partial charge >= 0.3 is 0 Å². The Labute approximate surface area is 71.8 Å². The van der Waals surface area contributed by atoms with E-state index in [2.05, 4.69) is 10.2 Å². The summed E-state index contributed by atoms with van der Waals surface area (Å²) < 4.78 is 0. The van der Waals surface area contributed by atoms with Gasteiger partial charge in [0.15, 0.2) is 0 Å². The summed E-state index contributed by atoms with van der Waals surface area (Å²) in [7, 11) is 0. The normalized spacial score (nSPS) is 22.4. The highest BCUT2D eigenvalue weighted by atomic mass is 16.3. The molecule has 0 aliphatic heterocycles. The third kappa shape index (κ3) is 1.25. The van der Waals surface area contributed by atoms with Gasteiger partial charge in [-0.15, -0.1) is 0 Å². The molecule has 0 radical (unpaired) electrons. The molecule has 2 N–H and O–H groups in total. The molecule has 1 heterocycles. The average Bonchev–Trinajstić information content (AvgIpc) is 2.58. The van der Waals surface area contributed by atoms with E-state index < -0.39 is 5.60 Å². The molecular weight excluding hydrogens is 152 g/mol. The zero-order valence-electron chi connectivity index (χ0n) is 7.08. The van der Waals surface area contributed by atoms with Crippen LogP contribution in [0.5, 0.6) is 0 Å². The van der Waals surface area contributed by atoms with E-state index in [0.717, 1.165) is 31.2 Å². The minimum Gasteiger partial charge on any atom is -0.385 e. The molecule has 0 bridgehead atoms. The van der Waals surface area contributed by atoms with Gasteiger partial charge in [-0.1, -0.05) is 19.3 Å². The summed E-state index contributed by atoms with van der Waals surface area (Å²) in [4.78, 5) is 0. The summed E-state index contributed by atoms with van der Waals surface area (Å²) >= 11 is 0. The minimum atomic E-state index is -0.592. The summed E-state index contributed by atoms with van der Waals surface area (Å²) in [6, 6.07) is 0. The number of aromatic amines is 1. The minimum absolute atomic E-state index is 0.592. The van der Waals surface area contributed by atoms with Crippen LogP contribution < -0.4 is 0 Å². The zero-order valence-corrected chi connectivity index (χ0v) is 7.08. The number of hydrogen-bond acceptors (Lipinski definition) is 2. The number of H-pyrrole nitrogens is 1. The van der Waals surface area contributed by atoms with Crippen LogP contribution in [0.2, 0.25) is 0 Å². The van der Waals surface area contributed by atoms with Crippen LogP contribution in [0.1, 0.15) is 37.7 Å². The molecule has 1 saturated carbocycles. The summed E-state index contributed by atoms with van der Waals surface area (Å²) in [6.45, 7) is 0. The predicted molar refractivity (Wildman–Crippen MR) is 45.6 cm³/mol. The highest BCUT2D eigenvalue weighted by molar-refractivity contribution is 5.14. The Morgan fingerprint density at radius 2 is 2.08 bits per heavy atom. The fraction of sp³-hybridized carbons (Fsp3) is 0.667. The first-order valence-electron chi connectivity index (χ1n) is 4.53. The van der Waals surface area contributed by atoms with Gasteiger partial charge < -0.3 is 5.11 Å². The van der Waals surface area contributed by atoms with Crippen molar-refractivity contribution in [3.63, 3.8) is 0 Å². The maximum absolute atomic E-state index is 10.2. The smallest absolute Gasteiger partial charge is 0.0926 e. The fourth-order valence-corrected chi connectivity index (χ4v) is 1.93. The van der Waals surface area contributed by atoms with Gasteiger partial charge in [-0.3, -0.25) is 5.10 Å². The number of hydrogen-bond donors (Lipinski definition) is 2. The van der Waals surface area contributed by atoms with Gasteiger partial charge in [-0.25, -0.2) is 0 Å². The molecule has 0 aromatic carbocycles. The number of rotatable bonds is 1. The lowest BCUT2D eigenvalue weighted by atomic mass is 9.81. The standard InChI is InChI=1S/C9H14N2O/c12-9(4-2-1-3-5-9)8-6-10-11-7-8/h6-7,12H,1-5H2,(H,10,11). The molecule has 1 fully saturated rings. The van der Waals surface area contributed by atoms with Crippen LogP contribution in [0.4, 0.5) is 0 Å². The highest BCUT2D eigenvalue weighted by Crippen LogP contribution is 2.36. The lowest BCUT2D eigenvalue weighted by Gasteiger charge is -2.30. The van der Waals surface area contributed by atoms with Crippen molar-refractivity contribution >= 4 is 0 Å². The molecule has 1 aromatic heterocycles. The summed E-state index contributed by atoms with van der Waals surface area (Å²) in [5.41, 5.74) is 0.354. The lowest BCUT2D eigenvalue weighted by Crippen LogP contribution is -2.27. The van der Waals surface area contributed by atoms with Crippen LogP contribution in [0.3, 0.4) is 0 Å². The van der Waals surface area contributed by atoms with Gasteiger partial charge in [0, 0.05) is 11.8 Å². The molecule has 12 heavy (non-hydrogen) atoms. The van der Waals surface area contributed by atoms with Crippen molar-refractivity contribution in [1.82, 2.24) is 10.2 Å². The highest BCUT2D eigenvalue weighted by Gasteiger charge is 2.31. The molecule has 66 valence electrons. The van der Waals surface area contributed by atoms with E-state index in [0.29, 0.717) is 0 Å². The molecule has 3 nitrogen and oxygen atoms in total. The molecule has 1 aliphatic carbocycles. The number of aromatic nitrogens is 2. The van der Waals surface area contributed by atoms with Crippen LogP contribution in [0.15, 0.2) is 12.4 Å². The summed E-state index contributed by atoms with van der Waals surface area (Å²) in [5, 5.41) is 16.8. The molecule has 0 saturated heterocycles. The molecule has 0 spiro atoms. The molecule has 0 amide bonds. The number of aliphatic hydroxyl groups is 1. The second kappa shape index (κ2) is 2.90. The van der Waals surface area contributed by atoms with Crippen molar-refractivity contribution in [2.75, 3.05) is 0 Å². The van der Waals surface area contributed by atoms with Crippen LogP contribution >= 0.6 is 0 Å². The van der Waals surface area contributed by atoms with E-state index >= 15 is 0 Å². The average molecular weight is 166 g/mol. The Morgan fingerprint density at radius 3 is 2.67 bits per heavy atom. The second-order valence-corrected chi connectivity index (χ2v) is 3.58. The number of nitrogens with zero attached hydrogens (tertiary/aromatic N) is 1. The van der Waals surface area contributed by atoms with Gasteiger partial charge in [0.05, 0.1) is 11.8 Å². The van der Waals surface area contributed by atoms with Crippen molar-refractivity contribution in [2.24, 2.45) is 0 Å². The molecule has 1 aromatic rings. The Kier molecular flexibility index (Phi) is 1.89. The van der Waals surface area contributed by atoms with Crippen molar-refractivity contribution in [1.29, 1.82) is 0 Å². The van der Waals surface area contributed by atoms with E-state index in [1.54, 1.807) is 12.4 Å². The SMILES string of the molecule is OC1(c2cn[nH]c2)CCCCC1. The van der Waals surface area contributed by atoms with E-state index in [4.69, 9.17) is 0 Å². The molecule has 2 rings (SSSR count). The molecule has 0 atom stereocenters. The monoisotopic (exact) mass is 166 g/mol. The fourth-order valence-electron chi connectivity index (χ4n) is 1.93. The molecule has 1 aliphatic rings. The third-order valence-electron chi connectivity index (χ3n) is 2.72. The van der Waals surface area contributed by atoms with Crippen LogP contribution in [0.25, 0.3) is 0 Å². The summed E-state index contributed by atoms with van der Waals surface area (Å²) in [6.07, 6.45) is 8.79. The largest absolute Gasteiger partial charge is 0.385 e. The first kappa shape index (κ1) is 7.80. The molecule has 0 unspecified atom stereocenters. The number of nitrogens with one attached hydrogen (secondary N) is 1. The van der Waals surface area contributed by atoms with Crippen LogP contribution in [-0.4, -0.2) is 15.3 Å². The Balaban J connectivity index is 2.19. The van der Waals surface area contributed by atoms with Gasteiger partial charge in [-0.2, -0.15) is 5.10 Å². The molecule has 3 heteroatoms. The summed E-state index contributed by atoms with van der Waals surface area (Å²) in [5.74, 6) is 0. The third-order valence-corrected chi connectivity index (χ3v) is 2.72. The Bertz CT molecular complexity index is 237. The predicted octanol–water partition coefficient (Wildman–Crippen LogP) is 1.56. The maximum atomic E-state index is 10.2. The van der Waals surface area contributed by atoms with E-state index in [9.17, 15) is 5.11 Å². The Morgan fingerprint density at radius 1 is 1.33 bits per heavy atom. The second-order valence-electron chi connectivity index (χ2n) is 3.58. The quantitative estimate of drug-likeness (QED) is 0.665. The van der Waals surface area contributed by atoms with Gasteiger partial charge in [-0.05, 0) is 12.8 Å². The van der Waals surface area contributed by atoms with E-state index in [1.807, 2.05) is 0 Å². The first-order valence-corrected chi connectivity index (χ1v) is 4.53. The topological polar surface area (TPSA) is 48.9 Å². The van der Waals surface area contributed by atoms with Gasteiger partial charge in [0.25, 0.3) is 0 Å². The maximum Gasteiger partial charge on any atom is 0.0926 e. The van der Waals surface area contributed by atoms with Crippen molar-refractivity contribution < 1.29 is 5.11 Å². The lowest BCUT2D eigenvalue weighted by molar-refractivity contribution is -0.000595. The van der Waals surface area contributed by atoms with Gasteiger partial charge in [0.2, 0.25) is 0 Å². The van der Waals surface area contributed by atoms with Crippen molar-refractivity contribution in [3.8, 4) is 0 Å². The van der Waals surface area contributed by atoms with Crippen molar-refractivity contribution in [2.45, 2.75) is 37.7 Å². The Hall–Kier alpha value is -0.830. The zero-order chi connectivity index (χ0) is 8.44. The first-order chi connectivity index (χ1) is 5.81. The van der Waals surface area contributed by atoms with E-state index in [-0.39, 0.29) is 0 Å². The van der Waals surface area contributed by atoms with Crippen molar-refractivity contribution in [3.05, 3.63) is 18.0 Å². The van der Waals surface area contributed by atoms with Crippen LogP contribution in [-0.2, 0) is 5.60 Å². The van der Waals surface area contributed by atoms with Gasteiger partial charge in [0.1, 0.15) is 0 Å². The van der Waals surface area contributed by atoms with E-state index in [1.165, 1.54) is 6.42 Å². The molecular formula is C9H14N2O. The van der Waals surface area contributed by atoms with Crippen LogP contribution in [0, 0.1) is 0 Å².